The average Bonchev–Trinajstić information content (AvgIpc) is 2.34. The van der Waals surface area contributed by atoms with E-state index in [1.807, 2.05) is 18.4 Å². The Hall–Kier alpha value is -0.560. The van der Waals surface area contributed by atoms with Crippen molar-refractivity contribution in [3.05, 3.63) is 21.9 Å². The molecule has 1 atom stereocenters. The lowest BCUT2D eigenvalue weighted by atomic mass is 10.2. The van der Waals surface area contributed by atoms with Gasteiger partial charge >= 0.3 is 0 Å². The molecule has 60 valence electrons. The van der Waals surface area contributed by atoms with Gasteiger partial charge in [0.25, 0.3) is 0 Å². The summed E-state index contributed by atoms with van der Waals surface area (Å²) in [6.45, 7) is 1.91. The summed E-state index contributed by atoms with van der Waals surface area (Å²) >= 11 is 1.53. The van der Waals surface area contributed by atoms with Crippen molar-refractivity contribution < 1.29 is 0 Å². The molecular weight excluding hydrogens is 180 g/mol. The fourth-order valence-electron chi connectivity index (χ4n) is 0.650. The molecule has 11 heavy (non-hydrogen) atoms. The molecule has 0 saturated carbocycles. The number of hydrogen-bond donors (Lipinski definition) is 1. The Morgan fingerprint density at radius 1 is 1.73 bits per heavy atom. The van der Waals surface area contributed by atoms with E-state index in [0.29, 0.717) is 5.56 Å². The quantitative estimate of drug-likeness (QED) is 0.734. The van der Waals surface area contributed by atoms with Crippen LogP contribution < -0.4 is 5.73 Å². The molecule has 0 radical (unpaired) electrons. The zero-order valence-electron chi connectivity index (χ0n) is 6.07. The zero-order chi connectivity index (χ0) is 7.56. The molecule has 1 aromatic heterocycles. The third-order valence-electron chi connectivity index (χ3n) is 1.20. The molecular formula is C7H9ClN2S. The number of nitrogens with zero attached hydrogens (tertiary/aromatic N) is 1. The number of hydrogen-bond acceptors (Lipinski definition) is 3. The fraction of sp³-hybridized carbons (Fsp3) is 0.286. The Kier molecular flexibility index (Phi) is 4.12. The Morgan fingerprint density at radius 2 is 2.36 bits per heavy atom. The Bertz CT molecular complexity index is 262. The molecule has 2 nitrogen and oxygen atoms in total. The highest BCUT2D eigenvalue weighted by molar-refractivity contribution is 7.10. The molecule has 0 saturated heterocycles. The van der Waals surface area contributed by atoms with Gasteiger partial charge in [0.05, 0.1) is 5.56 Å². The summed E-state index contributed by atoms with van der Waals surface area (Å²) in [5.74, 6) is 0. The SMILES string of the molecule is CC(N)c1cc(C#N)cs1.Cl. The van der Waals surface area contributed by atoms with E-state index in [9.17, 15) is 0 Å². The first-order chi connectivity index (χ1) is 4.74. The largest absolute Gasteiger partial charge is 0.324 e. The number of thiophene rings is 1. The summed E-state index contributed by atoms with van der Waals surface area (Å²) in [4.78, 5) is 1.07. The minimum atomic E-state index is 0. The molecule has 1 rings (SSSR count). The van der Waals surface area contributed by atoms with Crippen LogP contribution in [0.15, 0.2) is 11.4 Å². The summed E-state index contributed by atoms with van der Waals surface area (Å²) in [5, 5.41) is 10.3. The van der Waals surface area contributed by atoms with Crippen molar-refractivity contribution >= 4 is 23.7 Å². The van der Waals surface area contributed by atoms with Gasteiger partial charge in [-0.15, -0.1) is 23.7 Å². The topological polar surface area (TPSA) is 49.8 Å². The van der Waals surface area contributed by atoms with Crippen molar-refractivity contribution in [2.45, 2.75) is 13.0 Å². The normalized spacial score (nSPS) is 11.4. The highest BCUT2D eigenvalue weighted by Crippen LogP contribution is 2.19. The van der Waals surface area contributed by atoms with Crippen LogP contribution >= 0.6 is 23.7 Å². The average molecular weight is 189 g/mol. The van der Waals surface area contributed by atoms with E-state index in [2.05, 4.69) is 6.07 Å². The standard InChI is InChI=1S/C7H8N2S.ClH/c1-5(9)7-2-6(3-8)4-10-7;/h2,4-5H,9H2,1H3;1H. The minimum absolute atomic E-state index is 0. The van der Waals surface area contributed by atoms with E-state index in [-0.39, 0.29) is 18.4 Å². The molecule has 1 heterocycles. The second kappa shape index (κ2) is 4.35. The van der Waals surface area contributed by atoms with Crippen molar-refractivity contribution in [3.63, 3.8) is 0 Å². The molecule has 0 aromatic carbocycles. The lowest BCUT2D eigenvalue weighted by molar-refractivity contribution is 0.838. The monoisotopic (exact) mass is 188 g/mol. The minimum Gasteiger partial charge on any atom is -0.324 e. The van der Waals surface area contributed by atoms with Gasteiger partial charge in [0.15, 0.2) is 0 Å². The van der Waals surface area contributed by atoms with Crippen LogP contribution in [0.3, 0.4) is 0 Å². The predicted molar refractivity (Wildman–Crippen MR) is 48.9 cm³/mol. The van der Waals surface area contributed by atoms with Crippen LogP contribution in [-0.2, 0) is 0 Å². The van der Waals surface area contributed by atoms with E-state index in [1.165, 1.54) is 11.3 Å². The van der Waals surface area contributed by atoms with Crippen LogP contribution in [0.5, 0.6) is 0 Å². The van der Waals surface area contributed by atoms with Crippen LogP contribution in [0.4, 0.5) is 0 Å². The van der Waals surface area contributed by atoms with Crippen molar-refractivity contribution in [2.24, 2.45) is 5.73 Å². The molecule has 0 spiro atoms. The Labute approximate surface area is 76.1 Å². The fourth-order valence-corrected chi connectivity index (χ4v) is 1.44. The van der Waals surface area contributed by atoms with Crippen LogP contribution in [0.1, 0.15) is 23.4 Å². The summed E-state index contributed by atoms with van der Waals surface area (Å²) in [6.07, 6.45) is 0. The second-order valence-electron chi connectivity index (χ2n) is 2.14. The third kappa shape index (κ3) is 2.51. The van der Waals surface area contributed by atoms with Crippen molar-refractivity contribution in [2.75, 3.05) is 0 Å². The van der Waals surface area contributed by atoms with Gasteiger partial charge in [-0.2, -0.15) is 5.26 Å². The van der Waals surface area contributed by atoms with Gasteiger partial charge < -0.3 is 5.73 Å². The number of rotatable bonds is 1. The summed E-state index contributed by atoms with van der Waals surface area (Å²) in [6, 6.07) is 3.93. The van der Waals surface area contributed by atoms with E-state index < -0.39 is 0 Å². The first-order valence-corrected chi connectivity index (χ1v) is 3.86. The van der Waals surface area contributed by atoms with Crippen LogP contribution in [0, 0.1) is 11.3 Å². The van der Waals surface area contributed by atoms with E-state index in [0.717, 1.165) is 4.88 Å². The molecule has 0 aliphatic heterocycles. The number of nitriles is 1. The summed E-state index contributed by atoms with van der Waals surface area (Å²) in [7, 11) is 0. The first kappa shape index (κ1) is 10.4. The van der Waals surface area contributed by atoms with E-state index in [4.69, 9.17) is 11.0 Å². The predicted octanol–water partition coefficient (Wildman–Crippen LogP) is 2.06. The van der Waals surface area contributed by atoms with Crippen molar-refractivity contribution in [3.8, 4) is 6.07 Å². The Balaban J connectivity index is 0.000001000. The Morgan fingerprint density at radius 3 is 2.64 bits per heavy atom. The van der Waals surface area contributed by atoms with Gasteiger partial charge in [-0.25, -0.2) is 0 Å². The second-order valence-corrected chi connectivity index (χ2v) is 3.08. The molecule has 1 aromatic rings. The molecule has 4 heteroatoms. The van der Waals surface area contributed by atoms with Gasteiger partial charge in [-0.1, -0.05) is 0 Å². The van der Waals surface area contributed by atoms with Gasteiger partial charge in [-0.3, -0.25) is 0 Å². The third-order valence-corrected chi connectivity index (χ3v) is 2.33. The summed E-state index contributed by atoms with van der Waals surface area (Å²) < 4.78 is 0. The smallest absolute Gasteiger partial charge is 0.100 e. The van der Waals surface area contributed by atoms with Gasteiger partial charge in [0, 0.05) is 16.3 Å². The van der Waals surface area contributed by atoms with Crippen molar-refractivity contribution in [1.82, 2.24) is 0 Å². The molecule has 0 amide bonds. The van der Waals surface area contributed by atoms with Crippen LogP contribution in [0.2, 0.25) is 0 Å². The molecule has 0 fully saturated rings. The molecule has 0 bridgehead atoms. The maximum atomic E-state index is 8.45. The molecule has 1 unspecified atom stereocenters. The van der Waals surface area contributed by atoms with E-state index in [1.54, 1.807) is 0 Å². The summed E-state index contributed by atoms with van der Waals surface area (Å²) in [5.41, 5.74) is 6.29. The molecule has 2 N–H and O–H groups in total. The number of halogens is 1. The highest BCUT2D eigenvalue weighted by atomic mass is 35.5. The van der Waals surface area contributed by atoms with Crippen LogP contribution in [-0.4, -0.2) is 0 Å². The van der Waals surface area contributed by atoms with Crippen molar-refractivity contribution in [1.29, 1.82) is 5.26 Å². The number of nitrogens with two attached hydrogens (primary N) is 1. The lowest BCUT2D eigenvalue weighted by Crippen LogP contribution is -2.01. The van der Waals surface area contributed by atoms with Gasteiger partial charge in [-0.05, 0) is 13.0 Å². The molecule has 0 aliphatic carbocycles. The lowest BCUT2D eigenvalue weighted by Gasteiger charge is -1.96. The van der Waals surface area contributed by atoms with Crippen LogP contribution in [0.25, 0.3) is 0 Å². The van der Waals surface area contributed by atoms with Gasteiger partial charge in [0.2, 0.25) is 0 Å². The molecule has 0 aliphatic rings. The first-order valence-electron chi connectivity index (χ1n) is 2.98. The zero-order valence-corrected chi connectivity index (χ0v) is 7.71. The highest BCUT2D eigenvalue weighted by Gasteiger charge is 2.01. The maximum absolute atomic E-state index is 8.45. The maximum Gasteiger partial charge on any atom is 0.100 e. The van der Waals surface area contributed by atoms with E-state index >= 15 is 0 Å². The van der Waals surface area contributed by atoms with Gasteiger partial charge in [0.1, 0.15) is 6.07 Å².